The van der Waals surface area contributed by atoms with Gasteiger partial charge in [0.2, 0.25) is 5.91 Å². The Morgan fingerprint density at radius 1 is 1.18 bits per heavy atom. The Bertz CT molecular complexity index is 565. The molecular weight excluding hydrogens is 316 g/mol. The van der Waals surface area contributed by atoms with Crippen LogP contribution in [0.1, 0.15) is 37.3 Å². The van der Waals surface area contributed by atoms with Crippen LogP contribution in [0.25, 0.3) is 0 Å². The molecule has 5 unspecified atom stereocenters. The van der Waals surface area contributed by atoms with Gasteiger partial charge in [-0.3, -0.25) is 4.79 Å². The van der Waals surface area contributed by atoms with Crippen molar-refractivity contribution >= 4 is 30.1 Å². The number of carbonyl (C=O) groups excluding carboxylic acids is 1. The highest BCUT2D eigenvalue weighted by molar-refractivity contribution is 7.99. The van der Waals surface area contributed by atoms with Crippen molar-refractivity contribution in [3.63, 3.8) is 0 Å². The topological polar surface area (TPSA) is 55.1 Å². The molecule has 4 rings (SSSR count). The predicted molar refractivity (Wildman–Crippen MR) is 92.2 cm³/mol. The molecule has 1 aromatic carbocycles. The van der Waals surface area contributed by atoms with Gasteiger partial charge in [0.1, 0.15) is 0 Å². The Balaban J connectivity index is 0.00000144. The van der Waals surface area contributed by atoms with Gasteiger partial charge in [-0.25, -0.2) is 0 Å². The van der Waals surface area contributed by atoms with Crippen molar-refractivity contribution in [2.75, 3.05) is 5.75 Å². The van der Waals surface area contributed by atoms with Gasteiger partial charge in [0.25, 0.3) is 0 Å². The van der Waals surface area contributed by atoms with Crippen molar-refractivity contribution in [2.24, 2.45) is 23.5 Å². The average molecular weight is 339 g/mol. The smallest absolute Gasteiger partial charge is 0.225 e. The maximum absolute atomic E-state index is 12.7. The number of fused-ring (bicyclic) bond motifs is 3. The normalized spacial score (nSPS) is 35.6. The zero-order valence-electron chi connectivity index (χ0n) is 12.5. The second-order valence-electron chi connectivity index (χ2n) is 6.67. The van der Waals surface area contributed by atoms with E-state index in [0.29, 0.717) is 11.8 Å². The average Bonchev–Trinajstić information content (AvgIpc) is 3.08. The monoisotopic (exact) mass is 338 g/mol. The molecule has 0 aromatic heterocycles. The van der Waals surface area contributed by atoms with Crippen LogP contribution in [0.5, 0.6) is 0 Å². The number of amides is 1. The summed E-state index contributed by atoms with van der Waals surface area (Å²) in [5, 5.41) is 3.30. The fraction of sp³-hybridized carbons (Fsp3) is 0.588. The minimum atomic E-state index is 0. The lowest BCUT2D eigenvalue weighted by molar-refractivity contribution is -0.127. The van der Waals surface area contributed by atoms with Crippen LogP contribution in [0.3, 0.4) is 0 Å². The summed E-state index contributed by atoms with van der Waals surface area (Å²) < 4.78 is 0. The summed E-state index contributed by atoms with van der Waals surface area (Å²) in [5.41, 5.74) is 7.58. The molecule has 3 nitrogen and oxygen atoms in total. The third kappa shape index (κ3) is 2.66. The Kier molecular flexibility index (Phi) is 4.72. The number of benzene rings is 1. The highest BCUT2D eigenvalue weighted by Gasteiger charge is 2.49. The van der Waals surface area contributed by atoms with Crippen molar-refractivity contribution < 1.29 is 4.79 Å². The van der Waals surface area contributed by atoms with E-state index in [1.54, 1.807) is 0 Å². The van der Waals surface area contributed by atoms with Crippen molar-refractivity contribution in [3.05, 3.63) is 29.8 Å². The zero-order valence-corrected chi connectivity index (χ0v) is 14.2. The third-order valence-electron chi connectivity index (χ3n) is 5.56. The first-order valence-corrected chi connectivity index (χ1v) is 9.00. The molecule has 2 saturated carbocycles. The Labute approximate surface area is 142 Å². The van der Waals surface area contributed by atoms with Crippen molar-refractivity contribution in [3.8, 4) is 0 Å². The van der Waals surface area contributed by atoms with Gasteiger partial charge in [-0.2, -0.15) is 0 Å². The highest BCUT2D eigenvalue weighted by Crippen LogP contribution is 2.48. The summed E-state index contributed by atoms with van der Waals surface area (Å²) in [5.74, 6) is 2.43. The maximum atomic E-state index is 12.7. The molecule has 1 heterocycles. The molecule has 1 aromatic rings. The standard InChI is InChI=1S/C17H22N2OS.ClH/c18-16-11-6-5-10(9-11)15(16)17(20)19-13-7-8-21-14-4-2-1-3-12(13)14;/h1-4,10-11,13,15-16H,5-9,18H2,(H,19,20);1H. The minimum Gasteiger partial charge on any atom is -0.349 e. The van der Waals surface area contributed by atoms with Gasteiger partial charge in [0.05, 0.1) is 12.0 Å². The molecule has 1 amide bonds. The second-order valence-corrected chi connectivity index (χ2v) is 7.81. The van der Waals surface area contributed by atoms with Crippen molar-refractivity contribution in [1.29, 1.82) is 0 Å². The molecule has 2 fully saturated rings. The first-order valence-electron chi connectivity index (χ1n) is 8.01. The minimum absolute atomic E-state index is 0. The van der Waals surface area contributed by atoms with Crippen LogP contribution in [0.2, 0.25) is 0 Å². The van der Waals surface area contributed by atoms with Gasteiger partial charge >= 0.3 is 0 Å². The Morgan fingerprint density at radius 3 is 2.73 bits per heavy atom. The molecule has 0 saturated heterocycles. The summed E-state index contributed by atoms with van der Waals surface area (Å²) >= 11 is 1.89. The molecular formula is C17H23ClN2OS. The van der Waals surface area contributed by atoms with Crippen molar-refractivity contribution in [2.45, 2.75) is 42.7 Å². The second kappa shape index (κ2) is 6.42. The van der Waals surface area contributed by atoms with E-state index >= 15 is 0 Å². The van der Waals surface area contributed by atoms with Gasteiger partial charge in [0.15, 0.2) is 0 Å². The summed E-state index contributed by atoms with van der Waals surface area (Å²) in [6.07, 6.45) is 4.59. The molecule has 1 aliphatic heterocycles. The molecule has 3 aliphatic rings. The van der Waals surface area contributed by atoms with Gasteiger partial charge in [-0.05, 0) is 49.1 Å². The fourth-order valence-corrected chi connectivity index (χ4v) is 5.61. The largest absolute Gasteiger partial charge is 0.349 e. The molecule has 2 bridgehead atoms. The molecule has 5 heteroatoms. The van der Waals surface area contributed by atoms with Crippen LogP contribution >= 0.6 is 24.2 Å². The van der Waals surface area contributed by atoms with E-state index in [0.717, 1.165) is 18.6 Å². The van der Waals surface area contributed by atoms with Gasteiger partial charge in [-0.1, -0.05) is 18.2 Å². The van der Waals surface area contributed by atoms with Gasteiger partial charge in [-0.15, -0.1) is 24.2 Å². The highest BCUT2D eigenvalue weighted by atomic mass is 35.5. The molecule has 0 radical (unpaired) electrons. The molecule has 120 valence electrons. The zero-order chi connectivity index (χ0) is 14.4. The number of carbonyl (C=O) groups is 1. The first-order chi connectivity index (χ1) is 10.2. The summed E-state index contributed by atoms with van der Waals surface area (Å²) in [6.45, 7) is 0. The molecule has 2 aliphatic carbocycles. The number of nitrogens with one attached hydrogen (secondary N) is 1. The van der Waals surface area contributed by atoms with E-state index in [4.69, 9.17) is 5.73 Å². The predicted octanol–water partition coefficient (Wildman–Crippen LogP) is 3.13. The lowest BCUT2D eigenvalue weighted by Gasteiger charge is -2.31. The number of rotatable bonds is 2. The Morgan fingerprint density at radius 2 is 1.95 bits per heavy atom. The van der Waals surface area contributed by atoms with E-state index in [2.05, 4.69) is 29.6 Å². The van der Waals surface area contributed by atoms with Crippen LogP contribution < -0.4 is 11.1 Å². The Hall–Kier alpha value is -0.710. The lowest BCUT2D eigenvalue weighted by atomic mass is 9.84. The number of nitrogens with two attached hydrogens (primary N) is 1. The van der Waals surface area contributed by atoms with E-state index in [9.17, 15) is 4.79 Å². The van der Waals surface area contributed by atoms with Crippen LogP contribution in [-0.2, 0) is 4.79 Å². The van der Waals surface area contributed by atoms with Gasteiger partial charge < -0.3 is 11.1 Å². The first kappa shape index (κ1) is 16.2. The number of hydrogen-bond donors (Lipinski definition) is 2. The van der Waals surface area contributed by atoms with E-state index in [-0.39, 0.29) is 36.3 Å². The third-order valence-corrected chi connectivity index (χ3v) is 6.68. The lowest BCUT2D eigenvalue weighted by Crippen LogP contribution is -2.46. The van der Waals surface area contributed by atoms with Crippen LogP contribution in [-0.4, -0.2) is 17.7 Å². The summed E-state index contributed by atoms with van der Waals surface area (Å²) in [7, 11) is 0. The van der Waals surface area contributed by atoms with E-state index in [1.807, 2.05) is 11.8 Å². The molecule has 22 heavy (non-hydrogen) atoms. The van der Waals surface area contributed by atoms with Crippen LogP contribution in [0, 0.1) is 17.8 Å². The number of hydrogen-bond acceptors (Lipinski definition) is 3. The van der Waals surface area contributed by atoms with E-state index in [1.165, 1.54) is 23.3 Å². The summed E-state index contributed by atoms with van der Waals surface area (Å²) in [6, 6.07) is 8.68. The number of halogens is 1. The number of thioether (sulfide) groups is 1. The van der Waals surface area contributed by atoms with E-state index < -0.39 is 0 Å². The molecule has 3 N–H and O–H groups in total. The van der Waals surface area contributed by atoms with Crippen LogP contribution in [0.15, 0.2) is 29.2 Å². The fourth-order valence-electron chi connectivity index (χ4n) is 4.48. The van der Waals surface area contributed by atoms with Crippen molar-refractivity contribution in [1.82, 2.24) is 5.32 Å². The van der Waals surface area contributed by atoms with Crippen LogP contribution in [0.4, 0.5) is 0 Å². The van der Waals surface area contributed by atoms with Gasteiger partial charge in [0, 0.05) is 16.7 Å². The molecule has 5 atom stereocenters. The quantitative estimate of drug-likeness (QED) is 0.871. The summed E-state index contributed by atoms with van der Waals surface area (Å²) in [4.78, 5) is 14.0. The SMILES string of the molecule is Cl.NC1C2CCC(C2)C1C(=O)NC1CCSc2ccccc21. The maximum Gasteiger partial charge on any atom is 0.225 e. The molecule has 0 spiro atoms.